The summed E-state index contributed by atoms with van der Waals surface area (Å²) < 4.78 is 39.6. The first kappa shape index (κ1) is 14.6. The summed E-state index contributed by atoms with van der Waals surface area (Å²) in [5, 5.41) is 11.0. The van der Waals surface area contributed by atoms with Crippen LogP contribution in [-0.4, -0.2) is 17.0 Å². The van der Waals surface area contributed by atoms with Crippen LogP contribution in [0.2, 0.25) is 0 Å². The second-order valence-electron chi connectivity index (χ2n) is 4.05. The highest BCUT2D eigenvalue weighted by molar-refractivity contribution is 6.10. The van der Waals surface area contributed by atoms with Crippen LogP contribution in [0.15, 0.2) is 36.4 Å². The fraction of sp³-hybridized carbons (Fsp3) is 0. The molecule has 21 heavy (non-hydrogen) atoms. The number of carbonyl (C=O) groups is 2. The molecule has 7 heteroatoms. The average Bonchev–Trinajstić information content (AvgIpc) is 2.43. The van der Waals surface area contributed by atoms with Crippen molar-refractivity contribution >= 4 is 17.6 Å². The Morgan fingerprint density at radius 3 is 2.05 bits per heavy atom. The Morgan fingerprint density at radius 2 is 1.48 bits per heavy atom. The quantitative estimate of drug-likeness (QED) is 0.914. The van der Waals surface area contributed by atoms with Crippen molar-refractivity contribution in [1.82, 2.24) is 0 Å². The van der Waals surface area contributed by atoms with Crippen molar-refractivity contribution < 1.29 is 27.9 Å². The zero-order chi connectivity index (χ0) is 15.6. The van der Waals surface area contributed by atoms with Gasteiger partial charge in [-0.05, 0) is 24.3 Å². The Kier molecular flexibility index (Phi) is 3.93. The van der Waals surface area contributed by atoms with Gasteiger partial charge in [-0.25, -0.2) is 18.0 Å². The fourth-order valence-corrected chi connectivity index (χ4v) is 1.66. The van der Waals surface area contributed by atoms with E-state index in [1.807, 2.05) is 0 Å². The van der Waals surface area contributed by atoms with Gasteiger partial charge in [0.15, 0.2) is 11.6 Å². The van der Waals surface area contributed by atoms with Gasteiger partial charge in [-0.2, -0.15) is 0 Å². The van der Waals surface area contributed by atoms with Crippen molar-refractivity contribution in [3.63, 3.8) is 0 Å². The average molecular weight is 295 g/mol. The number of hydrogen-bond acceptors (Lipinski definition) is 2. The van der Waals surface area contributed by atoms with E-state index in [-0.39, 0.29) is 5.69 Å². The van der Waals surface area contributed by atoms with Gasteiger partial charge in [0.25, 0.3) is 5.91 Å². The standard InChI is InChI=1S/C14H8F3NO3/c15-9-3-1-2-4-12(9)18-13(19)7-5-10(16)11(17)6-8(7)14(20)21/h1-6H,(H,18,19)(H,20,21). The second kappa shape index (κ2) is 5.66. The number of para-hydroxylation sites is 1. The number of anilines is 1. The molecule has 0 unspecified atom stereocenters. The molecule has 0 aromatic heterocycles. The predicted octanol–water partition coefficient (Wildman–Crippen LogP) is 3.05. The van der Waals surface area contributed by atoms with E-state index in [4.69, 9.17) is 5.11 Å². The monoisotopic (exact) mass is 295 g/mol. The lowest BCUT2D eigenvalue weighted by Gasteiger charge is -2.09. The lowest BCUT2D eigenvalue weighted by Crippen LogP contribution is -2.18. The molecule has 1 amide bonds. The van der Waals surface area contributed by atoms with Crippen LogP contribution in [0.3, 0.4) is 0 Å². The van der Waals surface area contributed by atoms with Crippen molar-refractivity contribution in [2.45, 2.75) is 0 Å². The molecule has 4 nitrogen and oxygen atoms in total. The largest absolute Gasteiger partial charge is 0.478 e. The topological polar surface area (TPSA) is 66.4 Å². The molecule has 0 atom stereocenters. The minimum Gasteiger partial charge on any atom is -0.478 e. The highest BCUT2D eigenvalue weighted by Gasteiger charge is 2.21. The first-order valence-electron chi connectivity index (χ1n) is 5.68. The van der Waals surface area contributed by atoms with E-state index in [1.54, 1.807) is 0 Å². The molecule has 0 spiro atoms. The van der Waals surface area contributed by atoms with Crippen LogP contribution in [-0.2, 0) is 0 Å². The van der Waals surface area contributed by atoms with E-state index in [1.165, 1.54) is 18.2 Å². The van der Waals surface area contributed by atoms with Gasteiger partial charge in [-0.3, -0.25) is 4.79 Å². The molecule has 108 valence electrons. The Balaban J connectivity index is 2.42. The number of nitrogens with one attached hydrogen (secondary N) is 1. The molecule has 0 aliphatic rings. The number of halogens is 3. The van der Waals surface area contributed by atoms with Crippen LogP contribution in [0.1, 0.15) is 20.7 Å². The third-order valence-corrected chi connectivity index (χ3v) is 2.66. The normalized spacial score (nSPS) is 10.2. The SMILES string of the molecule is O=C(O)c1cc(F)c(F)cc1C(=O)Nc1ccccc1F. The molecule has 0 radical (unpaired) electrons. The van der Waals surface area contributed by atoms with E-state index in [0.717, 1.165) is 6.07 Å². The summed E-state index contributed by atoms with van der Waals surface area (Å²) in [6, 6.07) is 6.02. The van der Waals surface area contributed by atoms with Crippen molar-refractivity contribution in [1.29, 1.82) is 0 Å². The lowest BCUT2D eigenvalue weighted by molar-refractivity contribution is 0.0691. The molecule has 2 aromatic carbocycles. The van der Waals surface area contributed by atoms with Crippen molar-refractivity contribution in [2.24, 2.45) is 0 Å². The van der Waals surface area contributed by atoms with E-state index in [0.29, 0.717) is 12.1 Å². The maximum atomic E-state index is 13.4. The van der Waals surface area contributed by atoms with Crippen LogP contribution in [0.4, 0.5) is 18.9 Å². The van der Waals surface area contributed by atoms with Gasteiger partial charge in [0.05, 0.1) is 16.8 Å². The number of hydrogen-bond donors (Lipinski definition) is 2. The van der Waals surface area contributed by atoms with E-state index in [2.05, 4.69) is 5.32 Å². The molecule has 0 saturated heterocycles. The molecule has 2 rings (SSSR count). The number of aromatic carboxylic acids is 1. The predicted molar refractivity (Wildman–Crippen MR) is 67.7 cm³/mol. The molecule has 0 bridgehead atoms. The zero-order valence-corrected chi connectivity index (χ0v) is 10.4. The van der Waals surface area contributed by atoms with Gasteiger partial charge in [-0.1, -0.05) is 12.1 Å². The fourth-order valence-electron chi connectivity index (χ4n) is 1.66. The Labute approximate surface area is 116 Å². The Bertz CT molecular complexity index is 731. The number of carboxylic acid groups (broad SMARTS) is 1. The lowest BCUT2D eigenvalue weighted by atomic mass is 10.1. The molecule has 0 aliphatic carbocycles. The van der Waals surface area contributed by atoms with Crippen LogP contribution >= 0.6 is 0 Å². The molecular weight excluding hydrogens is 287 g/mol. The summed E-state index contributed by atoms with van der Waals surface area (Å²) >= 11 is 0. The molecular formula is C14H8F3NO3. The summed E-state index contributed by atoms with van der Waals surface area (Å²) in [5.41, 5.74) is -1.53. The minimum atomic E-state index is -1.60. The van der Waals surface area contributed by atoms with Crippen LogP contribution in [0.25, 0.3) is 0 Å². The van der Waals surface area contributed by atoms with Crippen molar-refractivity contribution in [2.75, 3.05) is 5.32 Å². The molecule has 2 aromatic rings. The molecule has 0 heterocycles. The minimum absolute atomic E-state index is 0.205. The summed E-state index contributed by atoms with van der Waals surface area (Å²) in [6.45, 7) is 0. The summed E-state index contributed by atoms with van der Waals surface area (Å²) in [4.78, 5) is 22.9. The molecule has 0 aliphatic heterocycles. The van der Waals surface area contributed by atoms with Gasteiger partial charge >= 0.3 is 5.97 Å². The van der Waals surface area contributed by atoms with E-state index >= 15 is 0 Å². The van der Waals surface area contributed by atoms with Gasteiger partial charge in [0, 0.05) is 0 Å². The second-order valence-corrected chi connectivity index (χ2v) is 4.05. The molecule has 0 fully saturated rings. The summed E-state index contributed by atoms with van der Waals surface area (Å²) in [5.74, 6) is -6.18. The Morgan fingerprint density at radius 1 is 0.905 bits per heavy atom. The van der Waals surface area contributed by atoms with Crippen molar-refractivity contribution in [3.05, 3.63) is 65.0 Å². The smallest absolute Gasteiger partial charge is 0.336 e. The maximum absolute atomic E-state index is 13.4. The maximum Gasteiger partial charge on any atom is 0.336 e. The number of carbonyl (C=O) groups excluding carboxylic acids is 1. The number of rotatable bonds is 3. The van der Waals surface area contributed by atoms with Crippen LogP contribution in [0, 0.1) is 17.5 Å². The van der Waals surface area contributed by atoms with Crippen LogP contribution < -0.4 is 5.32 Å². The first-order valence-corrected chi connectivity index (χ1v) is 5.68. The number of benzene rings is 2. The van der Waals surface area contributed by atoms with Gasteiger partial charge < -0.3 is 10.4 Å². The highest BCUT2D eigenvalue weighted by Crippen LogP contribution is 2.19. The van der Waals surface area contributed by atoms with E-state index < -0.39 is 40.5 Å². The van der Waals surface area contributed by atoms with Gasteiger partial charge in [0.1, 0.15) is 5.82 Å². The summed E-state index contributed by atoms with van der Waals surface area (Å²) in [7, 11) is 0. The van der Waals surface area contributed by atoms with Gasteiger partial charge in [0.2, 0.25) is 0 Å². The van der Waals surface area contributed by atoms with Crippen molar-refractivity contribution in [3.8, 4) is 0 Å². The Hall–Kier alpha value is -2.83. The first-order chi connectivity index (χ1) is 9.90. The third-order valence-electron chi connectivity index (χ3n) is 2.66. The molecule has 0 saturated carbocycles. The van der Waals surface area contributed by atoms with E-state index in [9.17, 15) is 22.8 Å². The molecule has 2 N–H and O–H groups in total. The highest BCUT2D eigenvalue weighted by atomic mass is 19.2. The number of carboxylic acids is 1. The zero-order valence-electron chi connectivity index (χ0n) is 10.4. The third kappa shape index (κ3) is 3.02. The number of amides is 1. The summed E-state index contributed by atoms with van der Waals surface area (Å²) in [6.07, 6.45) is 0. The van der Waals surface area contributed by atoms with Crippen LogP contribution in [0.5, 0.6) is 0 Å². The van der Waals surface area contributed by atoms with Gasteiger partial charge in [-0.15, -0.1) is 0 Å².